The van der Waals surface area contributed by atoms with Crippen LogP contribution in [-0.2, 0) is 14.3 Å². The second kappa shape index (κ2) is 9.68. The molecule has 0 aromatic heterocycles. The lowest BCUT2D eigenvalue weighted by molar-refractivity contribution is -0.120. The minimum Gasteiger partial charge on any atom is -0.444 e. The van der Waals surface area contributed by atoms with Crippen LogP contribution in [0.4, 0.5) is 4.79 Å². The molecule has 0 saturated carbocycles. The van der Waals surface area contributed by atoms with E-state index in [0.29, 0.717) is 51.5 Å². The molecule has 0 bridgehead atoms. The fraction of sp³-hybridized carbons (Fsp3) is 0.609. The van der Waals surface area contributed by atoms with Gasteiger partial charge in [-0.2, -0.15) is 0 Å². The van der Waals surface area contributed by atoms with Gasteiger partial charge in [0.25, 0.3) is 5.91 Å². The Balaban J connectivity index is 1.58. The SMILES string of the molecule is CCOCC1CNC(=O)[C@H]1c1ccc(C(=O)N2CCN(C(=O)OC(C)(C)C)CC2)cc1. The number of hydrogen-bond acceptors (Lipinski definition) is 5. The van der Waals surface area contributed by atoms with Crippen LogP contribution in [0.3, 0.4) is 0 Å². The van der Waals surface area contributed by atoms with Gasteiger partial charge in [0.15, 0.2) is 0 Å². The van der Waals surface area contributed by atoms with Crippen molar-refractivity contribution in [1.82, 2.24) is 15.1 Å². The molecule has 2 heterocycles. The van der Waals surface area contributed by atoms with Crippen LogP contribution in [-0.4, -0.2) is 79.2 Å². The van der Waals surface area contributed by atoms with Crippen LogP contribution in [0.2, 0.25) is 0 Å². The molecule has 3 amide bonds. The van der Waals surface area contributed by atoms with Gasteiger partial charge < -0.3 is 24.6 Å². The van der Waals surface area contributed by atoms with Gasteiger partial charge in [-0.3, -0.25) is 9.59 Å². The number of amides is 3. The average molecular weight is 432 g/mol. The van der Waals surface area contributed by atoms with E-state index in [1.807, 2.05) is 39.8 Å². The zero-order valence-corrected chi connectivity index (χ0v) is 18.8. The van der Waals surface area contributed by atoms with Gasteiger partial charge in [0.05, 0.1) is 12.5 Å². The molecule has 170 valence electrons. The molecule has 2 aliphatic rings. The normalized spacial score (nSPS) is 21.7. The van der Waals surface area contributed by atoms with E-state index in [4.69, 9.17) is 9.47 Å². The molecule has 2 atom stereocenters. The van der Waals surface area contributed by atoms with Gasteiger partial charge in [-0.25, -0.2) is 4.79 Å². The van der Waals surface area contributed by atoms with Gasteiger partial charge in [0.1, 0.15) is 5.60 Å². The van der Waals surface area contributed by atoms with Crippen molar-refractivity contribution in [3.63, 3.8) is 0 Å². The molecular formula is C23H33N3O5. The van der Waals surface area contributed by atoms with E-state index in [9.17, 15) is 14.4 Å². The molecule has 2 saturated heterocycles. The summed E-state index contributed by atoms with van der Waals surface area (Å²) in [6.45, 7) is 11.0. The third-order valence-electron chi connectivity index (χ3n) is 5.56. The lowest BCUT2D eigenvalue weighted by atomic mass is 9.88. The van der Waals surface area contributed by atoms with Crippen LogP contribution in [0, 0.1) is 5.92 Å². The molecule has 1 aromatic carbocycles. The highest BCUT2D eigenvalue weighted by Gasteiger charge is 2.36. The Morgan fingerprint density at radius 1 is 1.06 bits per heavy atom. The Labute approximate surface area is 183 Å². The first-order valence-corrected chi connectivity index (χ1v) is 10.9. The maximum atomic E-state index is 12.9. The van der Waals surface area contributed by atoms with Crippen LogP contribution in [0.1, 0.15) is 49.5 Å². The summed E-state index contributed by atoms with van der Waals surface area (Å²) in [7, 11) is 0. The van der Waals surface area contributed by atoms with Gasteiger partial charge in [0.2, 0.25) is 5.91 Å². The fourth-order valence-corrected chi connectivity index (χ4v) is 3.96. The Kier molecular flexibility index (Phi) is 7.20. The number of nitrogens with zero attached hydrogens (tertiary/aromatic N) is 2. The first-order chi connectivity index (χ1) is 14.7. The lowest BCUT2D eigenvalue weighted by Crippen LogP contribution is -2.51. The maximum Gasteiger partial charge on any atom is 0.410 e. The topological polar surface area (TPSA) is 88.2 Å². The predicted molar refractivity (Wildman–Crippen MR) is 116 cm³/mol. The first-order valence-electron chi connectivity index (χ1n) is 10.9. The molecule has 8 heteroatoms. The number of rotatable bonds is 5. The van der Waals surface area contributed by atoms with Crippen molar-refractivity contribution < 1.29 is 23.9 Å². The number of hydrogen-bond donors (Lipinski definition) is 1. The van der Waals surface area contributed by atoms with Crippen LogP contribution in [0.5, 0.6) is 0 Å². The van der Waals surface area contributed by atoms with E-state index in [1.165, 1.54) is 0 Å². The highest BCUT2D eigenvalue weighted by atomic mass is 16.6. The highest BCUT2D eigenvalue weighted by molar-refractivity contribution is 5.94. The van der Waals surface area contributed by atoms with E-state index in [-0.39, 0.29) is 29.7 Å². The van der Waals surface area contributed by atoms with Crippen LogP contribution < -0.4 is 5.32 Å². The van der Waals surface area contributed by atoms with Crippen LogP contribution in [0.25, 0.3) is 0 Å². The molecule has 0 aliphatic carbocycles. The second-order valence-electron chi connectivity index (χ2n) is 9.02. The zero-order chi connectivity index (χ0) is 22.6. The molecule has 0 spiro atoms. The molecule has 2 aliphatic heterocycles. The van der Waals surface area contributed by atoms with Crippen molar-refractivity contribution in [3.8, 4) is 0 Å². The molecule has 1 N–H and O–H groups in total. The number of carbonyl (C=O) groups is 3. The Bertz CT molecular complexity index is 794. The zero-order valence-electron chi connectivity index (χ0n) is 18.8. The van der Waals surface area contributed by atoms with E-state index in [1.54, 1.807) is 21.9 Å². The van der Waals surface area contributed by atoms with Crippen molar-refractivity contribution in [1.29, 1.82) is 0 Å². The number of ether oxygens (including phenoxy) is 2. The Morgan fingerprint density at radius 3 is 2.26 bits per heavy atom. The van der Waals surface area contributed by atoms with E-state index in [2.05, 4.69) is 5.32 Å². The predicted octanol–water partition coefficient (Wildman–Crippen LogP) is 2.25. The minimum atomic E-state index is -0.538. The third-order valence-corrected chi connectivity index (χ3v) is 5.56. The fourth-order valence-electron chi connectivity index (χ4n) is 3.96. The summed E-state index contributed by atoms with van der Waals surface area (Å²) in [5, 5.41) is 2.91. The third kappa shape index (κ3) is 5.76. The summed E-state index contributed by atoms with van der Waals surface area (Å²) < 4.78 is 10.9. The van der Waals surface area contributed by atoms with Crippen molar-refractivity contribution >= 4 is 17.9 Å². The summed E-state index contributed by atoms with van der Waals surface area (Å²) in [5.41, 5.74) is 0.934. The van der Waals surface area contributed by atoms with Crippen molar-refractivity contribution in [3.05, 3.63) is 35.4 Å². The molecule has 1 unspecified atom stereocenters. The molecule has 0 radical (unpaired) electrons. The monoisotopic (exact) mass is 431 g/mol. The number of carbonyl (C=O) groups excluding carboxylic acids is 3. The molecule has 8 nitrogen and oxygen atoms in total. The smallest absolute Gasteiger partial charge is 0.410 e. The minimum absolute atomic E-state index is 0.00189. The van der Waals surface area contributed by atoms with Gasteiger partial charge in [-0.05, 0) is 45.4 Å². The quantitative estimate of drug-likeness (QED) is 0.773. The van der Waals surface area contributed by atoms with Crippen molar-refractivity contribution in [2.24, 2.45) is 5.92 Å². The van der Waals surface area contributed by atoms with E-state index in [0.717, 1.165) is 5.56 Å². The van der Waals surface area contributed by atoms with Crippen LogP contribution >= 0.6 is 0 Å². The lowest BCUT2D eigenvalue weighted by Gasteiger charge is -2.35. The summed E-state index contributed by atoms with van der Waals surface area (Å²) in [5.74, 6) is -0.234. The van der Waals surface area contributed by atoms with Gasteiger partial charge in [0, 0.05) is 50.8 Å². The maximum absolute atomic E-state index is 12.9. The highest BCUT2D eigenvalue weighted by Crippen LogP contribution is 2.30. The summed E-state index contributed by atoms with van der Waals surface area (Å²) in [6.07, 6.45) is -0.347. The van der Waals surface area contributed by atoms with Crippen molar-refractivity contribution in [2.45, 2.75) is 39.2 Å². The number of benzene rings is 1. The average Bonchev–Trinajstić information content (AvgIpc) is 3.11. The summed E-state index contributed by atoms with van der Waals surface area (Å²) in [4.78, 5) is 40.8. The van der Waals surface area contributed by atoms with E-state index < -0.39 is 5.60 Å². The first kappa shape index (κ1) is 23.1. The summed E-state index contributed by atoms with van der Waals surface area (Å²) >= 11 is 0. The summed E-state index contributed by atoms with van der Waals surface area (Å²) in [6, 6.07) is 7.28. The van der Waals surface area contributed by atoms with Crippen LogP contribution in [0.15, 0.2) is 24.3 Å². The number of piperazine rings is 1. The molecule has 31 heavy (non-hydrogen) atoms. The van der Waals surface area contributed by atoms with E-state index >= 15 is 0 Å². The molecule has 3 rings (SSSR count). The van der Waals surface area contributed by atoms with Gasteiger partial charge in [-0.1, -0.05) is 12.1 Å². The standard InChI is InChI=1S/C23H33N3O5/c1-5-30-15-18-14-24-20(27)19(18)16-6-8-17(9-7-16)21(28)25-10-12-26(13-11-25)22(29)31-23(2,3)4/h6-9,18-19H,5,10-15H2,1-4H3,(H,24,27)/t18?,19-/m0/s1. The van der Waals surface area contributed by atoms with Gasteiger partial charge in [-0.15, -0.1) is 0 Å². The molecule has 2 fully saturated rings. The Hall–Kier alpha value is -2.61. The Morgan fingerprint density at radius 2 is 1.68 bits per heavy atom. The molecular weight excluding hydrogens is 398 g/mol. The largest absolute Gasteiger partial charge is 0.444 e. The molecule has 1 aromatic rings. The van der Waals surface area contributed by atoms with Gasteiger partial charge >= 0.3 is 6.09 Å². The van der Waals surface area contributed by atoms with Crippen molar-refractivity contribution in [2.75, 3.05) is 45.9 Å². The number of nitrogens with one attached hydrogen (secondary N) is 1. The second-order valence-corrected chi connectivity index (χ2v) is 9.02.